The van der Waals surface area contributed by atoms with Crippen LogP contribution in [0.25, 0.3) is 0 Å². The maximum Gasteiger partial charge on any atom is 0.156 e. The van der Waals surface area contributed by atoms with E-state index in [1.54, 1.807) is 11.8 Å². The van der Waals surface area contributed by atoms with Crippen LogP contribution in [0.4, 0.5) is 0 Å². The van der Waals surface area contributed by atoms with Gasteiger partial charge in [-0.1, -0.05) is 36.9 Å². The minimum Gasteiger partial charge on any atom is -0.492 e. The molecule has 1 aliphatic heterocycles. The smallest absolute Gasteiger partial charge is 0.156 e. The van der Waals surface area contributed by atoms with E-state index in [9.17, 15) is 0 Å². The van der Waals surface area contributed by atoms with Crippen LogP contribution in [-0.2, 0) is 0 Å². The monoisotopic (exact) mass is 250 g/mol. The van der Waals surface area contributed by atoms with Gasteiger partial charge < -0.3 is 10.1 Å². The zero-order chi connectivity index (χ0) is 11.9. The third kappa shape index (κ3) is 4.30. The van der Waals surface area contributed by atoms with Gasteiger partial charge in [-0.2, -0.15) is 0 Å². The highest BCUT2D eigenvalue weighted by Crippen LogP contribution is 2.15. The SMILES string of the molecule is CC1CN=C(NCCOc2ccccc2)SC1. The maximum absolute atomic E-state index is 5.59. The normalized spacial score (nSPS) is 19.6. The molecule has 1 heterocycles. The highest BCUT2D eigenvalue weighted by molar-refractivity contribution is 8.13. The molecule has 0 aromatic heterocycles. The van der Waals surface area contributed by atoms with Crippen LogP contribution in [0, 0.1) is 5.92 Å². The standard InChI is InChI=1S/C13H18N2OS/c1-11-9-15-13(17-10-11)14-7-8-16-12-5-3-2-4-6-12/h2-6,11H,7-10H2,1H3,(H,14,15). The van der Waals surface area contributed by atoms with Gasteiger partial charge in [0.25, 0.3) is 0 Å². The van der Waals surface area contributed by atoms with E-state index in [4.69, 9.17) is 4.74 Å². The van der Waals surface area contributed by atoms with E-state index in [1.807, 2.05) is 30.3 Å². The number of ether oxygens (including phenoxy) is 1. The quantitative estimate of drug-likeness (QED) is 0.833. The molecular weight excluding hydrogens is 232 g/mol. The van der Waals surface area contributed by atoms with Crippen molar-refractivity contribution in [3.63, 3.8) is 0 Å². The lowest BCUT2D eigenvalue weighted by atomic mass is 10.2. The van der Waals surface area contributed by atoms with Gasteiger partial charge in [-0.3, -0.25) is 4.99 Å². The molecule has 2 rings (SSSR count). The predicted molar refractivity (Wildman–Crippen MR) is 73.9 cm³/mol. The van der Waals surface area contributed by atoms with Crippen molar-refractivity contribution in [1.82, 2.24) is 5.32 Å². The van der Waals surface area contributed by atoms with Crippen molar-refractivity contribution in [2.45, 2.75) is 6.92 Å². The summed E-state index contributed by atoms with van der Waals surface area (Å²) in [5, 5.41) is 4.36. The number of thioether (sulfide) groups is 1. The number of hydrogen-bond donors (Lipinski definition) is 1. The molecule has 0 saturated heterocycles. The summed E-state index contributed by atoms with van der Waals surface area (Å²) in [5.41, 5.74) is 0. The molecule has 0 amide bonds. The molecule has 1 aliphatic rings. The molecule has 17 heavy (non-hydrogen) atoms. The second kappa shape index (κ2) is 6.55. The lowest BCUT2D eigenvalue weighted by Gasteiger charge is -2.17. The van der Waals surface area contributed by atoms with Gasteiger partial charge in [-0.25, -0.2) is 0 Å². The lowest BCUT2D eigenvalue weighted by molar-refractivity contribution is 0.322. The number of nitrogens with one attached hydrogen (secondary N) is 1. The second-order valence-electron chi connectivity index (χ2n) is 4.15. The highest BCUT2D eigenvalue weighted by atomic mass is 32.2. The van der Waals surface area contributed by atoms with Crippen molar-refractivity contribution in [2.75, 3.05) is 25.4 Å². The van der Waals surface area contributed by atoms with Crippen molar-refractivity contribution < 1.29 is 4.74 Å². The first kappa shape index (κ1) is 12.3. The first-order chi connectivity index (χ1) is 8.34. The van der Waals surface area contributed by atoms with E-state index in [-0.39, 0.29) is 0 Å². The van der Waals surface area contributed by atoms with Gasteiger partial charge in [-0.05, 0) is 18.1 Å². The fourth-order valence-electron chi connectivity index (χ4n) is 1.51. The summed E-state index contributed by atoms with van der Waals surface area (Å²) < 4.78 is 5.59. The van der Waals surface area contributed by atoms with Crippen molar-refractivity contribution in [3.05, 3.63) is 30.3 Å². The van der Waals surface area contributed by atoms with Crippen LogP contribution in [0.5, 0.6) is 5.75 Å². The molecule has 92 valence electrons. The van der Waals surface area contributed by atoms with Crippen LogP contribution in [0.3, 0.4) is 0 Å². The number of para-hydroxylation sites is 1. The molecule has 0 saturated carbocycles. The molecule has 4 heteroatoms. The van der Waals surface area contributed by atoms with Gasteiger partial charge in [0.1, 0.15) is 12.4 Å². The Balaban J connectivity index is 1.64. The summed E-state index contributed by atoms with van der Waals surface area (Å²) in [4.78, 5) is 4.47. The summed E-state index contributed by atoms with van der Waals surface area (Å²) in [7, 11) is 0. The van der Waals surface area contributed by atoms with Gasteiger partial charge in [0.05, 0.1) is 6.54 Å². The molecule has 0 spiro atoms. The Hall–Kier alpha value is -1.16. The molecule has 1 N–H and O–H groups in total. The van der Waals surface area contributed by atoms with Gasteiger partial charge >= 0.3 is 0 Å². The van der Waals surface area contributed by atoms with E-state index in [0.29, 0.717) is 12.5 Å². The van der Waals surface area contributed by atoms with Crippen molar-refractivity contribution >= 4 is 16.9 Å². The number of rotatable bonds is 4. The fraction of sp³-hybridized carbons (Fsp3) is 0.462. The molecule has 0 bridgehead atoms. The van der Waals surface area contributed by atoms with Gasteiger partial charge in [0, 0.05) is 12.3 Å². The van der Waals surface area contributed by atoms with E-state index >= 15 is 0 Å². The van der Waals surface area contributed by atoms with Crippen molar-refractivity contribution in [3.8, 4) is 5.75 Å². The number of aliphatic imine (C=N–C) groups is 1. The average Bonchev–Trinajstić information content (AvgIpc) is 2.38. The lowest BCUT2D eigenvalue weighted by Crippen LogP contribution is -2.29. The van der Waals surface area contributed by atoms with E-state index in [1.165, 1.54) is 0 Å². The predicted octanol–water partition coefficient (Wildman–Crippen LogP) is 2.39. The van der Waals surface area contributed by atoms with Crippen LogP contribution in [0.2, 0.25) is 0 Å². The Morgan fingerprint density at radius 3 is 2.94 bits per heavy atom. The molecule has 1 aromatic carbocycles. The molecule has 1 unspecified atom stereocenters. The second-order valence-corrected chi connectivity index (χ2v) is 5.16. The summed E-state index contributed by atoms with van der Waals surface area (Å²) in [6.45, 7) is 4.63. The first-order valence-corrected chi connectivity index (χ1v) is 6.92. The molecule has 3 nitrogen and oxygen atoms in total. The van der Waals surface area contributed by atoms with Gasteiger partial charge in [-0.15, -0.1) is 0 Å². The minimum atomic E-state index is 0.666. The minimum absolute atomic E-state index is 0.666. The van der Waals surface area contributed by atoms with Crippen molar-refractivity contribution in [2.24, 2.45) is 10.9 Å². The largest absolute Gasteiger partial charge is 0.492 e. The van der Waals surface area contributed by atoms with Crippen LogP contribution >= 0.6 is 11.8 Å². The number of hydrogen-bond acceptors (Lipinski definition) is 4. The van der Waals surface area contributed by atoms with Crippen molar-refractivity contribution in [1.29, 1.82) is 0 Å². The fourth-order valence-corrected chi connectivity index (χ4v) is 2.43. The van der Waals surface area contributed by atoms with Crippen LogP contribution < -0.4 is 10.1 Å². The first-order valence-electron chi connectivity index (χ1n) is 5.93. The van der Waals surface area contributed by atoms with E-state index in [2.05, 4.69) is 17.2 Å². The van der Waals surface area contributed by atoms with E-state index in [0.717, 1.165) is 29.8 Å². The summed E-state index contributed by atoms with van der Waals surface area (Å²) >= 11 is 1.80. The molecule has 1 atom stereocenters. The van der Waals surface area contributed by atoms with Crippen LogP contribution in [0.1, 0.15) is 6.92 Å². The summed E-state index contributed by atoms with van der Waals surface area (Å²) in [6.07, 6.45) is 0. The maximum atomic E-state index is 5.59. The van der Waals surface area contributed by atoms with Crippen LogP contribution in [0.15, 0.2) is 35.3 Å². The molecular formula is C13H18N2OS. The Morgan fingerprint density at radius 1 is 1.41 bits per heavy atom. The number of amidine groups is 1. The number of nitrogens with zero attached hydrogens (tertiary/aromatic N) is 1. The molecule has 1 aromatic rings. The van der Waals surface area contributed by atoms with Gasteiger partial charge in [0.2, 0.25) is 0 Å². The molecule has 0 aliphatic carbocycles. The Morgan fingerprint density at radius 2 is 2.24 bits per heavy atom. The third-order valence-electron chi connectivity index (χ3n) is 2.44. The Kier molecular flexibility index (Phi) is 4.74. The number of benzene rings is 1. The van der Waals surface area contributed by atoms with Gasteiger partial charge in [0.15, 0.2) is 5.17 Å². The Bertz CT molecular complexity index is 367. The molecule has 0 radical (unpaired) electrons. The highest BCUT2D eigenvalue weighted by Gasteiger charge is 2.11. The Labute approximate surface area is 107 Å². The third-order valence-corrected chi connectivity index (χ3v) is 3.72. The van der Waals surface area contributed by atoms with E-state index < -0.39 is 0 Å². The zero-order valence-corrected chi connectivity index (χ0v) is 10.9. The molecule has 0 fully saturated rings. The average molecular weight is 250 g/mol. The summed E-state index contributed by atoms with van der Waals surface area (Å²) in [5.74, 6) is 2.78. The zero-order valence-electron chi connectivity index (χ0n) is 10.1. The topological polar surface area (TPSA) is 33.6 Å². The summed E-state index contributed by atoms with van der Waals surface area (Å²) in [6, 6.07) is 9.87. The van der Waals surface area contributed by atoms with Crippen LogP contribution in [-0.4, -0.2) is 30.6 Å².